The lowest BCUT2D eigenvalue weighted by Crippen LogP contribution is -2.26. The van der Waals surface area contributed by atoms with Gasteiger partial charge in [0, 0.05) is 24.8 Å². The van der Waals surface area contributed by atoms with E-state index in [1.165, 1.54) is 0 Å². The molecule has 0 saturated heterocycles. The van der Waals surface area contributed by atoms with Crippen LogP contribution >= 0.6 is 0 Å². The van der Waals surface area contributed by atoms with Crippen LogP contribution in [-0.4, -0.2) is 31.8 Å². The highest BCUT2D eigenvalue weighted by molar-refractivity contribution is 6.04. The zero-order chi connectivity index (χ0) is 22.2. The highest BCUT2D eigenvalue weighted by atomic mass is 16.2. The fourth-order valence-corrected chi connectivity index (χ4v) is 3.09. The quantitative estimate of drug-likeness (QED) is 0.472. The number of rotatable bonds is 7. The SMILES string of the molecule is O=C(NCc1ccccn1)c1cccnc1-c1ncccc1C(=O)NCc1ccccn1. The van der Waals surface area contributed by atoms with Crippen LogP contribution in [0.4, 0.5) is 0 Å². The van der Waals surface area contributed by atoms with Crippen molar-refractivity contribution in [3.8, 4) is 11.4 Å². The Kier molecular flexibility index (Phi) is 6.52. The van der Waals surface area contributed by atoms with Gasteiger partial charge in [-0.1, -0.05) is 12.1 Å². The number of hydrogen-bond donors (Lipinski definition) is 2. The smallest absolute Gasteiger partial charge is 0.253 e. The van der Waals surface area contributed by atoms with Crippen LogP contribution in [0, 0.1) is 0 Å². The van der Waals surface area contributed by atoms with E-state index in [1.807, 2.05) is 36.4 Å². The third-order valence-electron chi connectivity index (χ3n) is 4.64. The number of carbonyl (C=O) groups excluding carboxylic acids is 2. The van der Waals surface area contributed by atoms with Crippen LogP contribution in [0.5, 0.6) is 0 Å². The monoisotopic (exact) mass is 424 g/mol. The van der Waals surface area contributed by atoms with Crippen molar-refractivity contribution in [2.75, 3.05) is 0 Å². The topological polar surface area (TPSA) is 110 Å². The Labute approximate surface area is 184 Å². The van der Waals surface area contributed by atoms with Gasteiger partial charge in [-0.05, 0) is 48.5 Å². The Hall–Kier alpha value is -4.46. The molecule has 8 nitrogen and oxygen atoms in total. The van der Waals surface area contributed by atoms with Gasteiger partial charge in [-0.3, -0.25) is 29.5 Å². The second-order valence-corrected chi connectivity index (χ2v) is 6.81. The van der Waals surface area contributed by atoms with Gasteiger partial charge in [-0.2, -0.15) is 0 Å². The van der Waals surface area contributed by atoms with Gasteiger partial charge in [0.1, 0.15) is 11.4 Å². The predicted molar refractivity (Wildman–Crippen MR) is 118 cm³/mol. The lowest BCUT2D eigenvalue weighted by Gasteiger charge is -2.12. The summed E-state index contributed by atoms with van der Waals surface area (Å²) < 4.78 is 0. The molecule has 0 aliphatic rings. The van der Waals surface area contributed by atoms with Crippen LogP contribution < -0.4 is 10.6 Å². The summed E-state index contributed by atoms with van der Waals surface area (Å²) in [5.41, 5.74) is 2.77. The van der Waals surface area contributed by atoms with Crippen molar-refractivity contribution in [3.05, 3.63) is 108 Å². The summed E-state index contributed by atoms with van der Waals surface area (Å²) in [5.74, 6) is -0.659. The molecule has 0 bridgehead atoms. The van der Waals surface area contributed by atoms with Crippen molar-refractivity contribution in [1.82, 2.24) is 30.6 Å². The Morgan fingerprint density at radius 1 is 0.562 bits per heavy atom. The van der Waals surface area contributed by atoms with E-state index >= 15 is 0 Å². The van der Waals surface area contributed by atoms with Crippen molar-refractivity contribution < 1.29 is 9.59 Å². The van der Waals surface area contributed by atoms with E-state index in [-0.39, 0.29) is 24.9 Å². The molecule has 2 amide bonds. The van der Waals surface area contributed by atoms with E-state index in [4.69, 9.17) is 0 Å². The van der Waals surface area contributed by atoms with Gasteiger partial charge in [0.25, 0.3) is 11.8 Å². The molecule has 0 aliphatic carbocycles. The van der Waals surface area contributed by atoms with E-state index in [9.17, 15) is 9.59 Å². The van der Waals surface area contributed by atoms with Crippen LogP contribution in [0.15, 0.2) is 85.5 Å². The molecular weight excluding hydrogens is 404 g/mol. The first-order chi connectivity index (χ1) is 15.7. The van der Waals surface area contributed by atoms with E-state index in [0.29, 0.717) is 22.5 Å². The average Bonchev–Trinajstić information content (AvgIpc) is 2.87. The molecular formula is C24H20N6O2. The minimum absolute atomic E-state index is 0.271. The fourth-order valence-electron chi connectivity index (χ4n) is 3.09. The summed E-state index contributed by atoms with van der Waals surface area (Å²) >= 11 is 0. The first-order valence-electron chi connectivity index (χ1n) is 9.99. The number of amides is 2. The van der Waals surface area contributed by atoms with Crippen molar-refractivity contribution in [2.24, 2.45) is 0 Å². The van der Waals surface area contributed by atoms with Gasteiger partial charge in [0.05, 0.1) is 35.6 Å². The molecule has 32 heavy (non-hydrogen) atoms. The number of aromatic nitrogens is 4. The third-order valence-corrected chi connectivity index (χ3v) is 4.64. The average molecular weight is 424 g/mol. The molecule has 0 atom stereocenters. The van der Waals surface area contributed by atoms with E-state index in [0.717, 1.165) is 11.4 Å². The zero-order valence-electron chi connectivity index (χ0n) is 17.1. The minimum Gasteiger partial charge on any atom is -0.346 e. The molecule has 4 heterocycles. The predicted octanol–water partition coefficient (Wildman–Crippen LogP) is 2.79. The number of pyridine rings is 4. The highest BCUT2D eigenvalue weighted by Crippen LogP contribution is 2.23. The zero-order valence-corrected chi connectivity index (χ0v) is 17.1. The molecule has 158 valence electrons. The number of carbonyl (C=O) groups is 2. The molecule has 8 heteroatoms. The number of nitrogens with zero attached hydrogens (tertiary/aromatic N) is 4. The largest absolute Gasteiger partial charge is 0.346 e. The molecule has 0 saturated carbocycles. The lowest BCUT2D eigenvalue weighted by molar-refractivity contribution is 0.0940. The molecule has 4 aromatic rings. The summed E-state index contributed by atoms with van der Waals surface area (Å²) in [6.45, 7) is 0.543. The minimum atomic E-state index is -0.329. The maximum atomic E-state index is 12.9. The van der Waals surface area contributed by atoms with Crippen LogP contribution in [0.25, 0.3) is 11.4 Å². The summed E-state index contributed by atoms with van der Waals surface area (Å²) in [7, 11) is 0. The third kappa shape index (κ3) is 4.99. The second kappa shape index (κ2) is 10.0. The molecule has 0 aliphatic heterocycles. The molecule has 0 aromatic carbocycles. The normalized spacial score (nSPS) is 10.4. The molecule has 4 rings (SSSR count). The van der Waals surface area contributed by atoms with Gasteiger partial charge < -0.3 is 10.6 Å². The second-order valence-electron chi connectivity index (χ2n) is 6.81. The van der Waals surface area contributed by atoms with Crippen molar-refractivity contribution >= 4 is 11.8 Å². The number of hydrogen-bond acceptors (Lipinski definition) is 6. The molecule has 0 fully saturated rings. The number of nitrogens with one attached hydrogen (secondary N) is 2. The Morgan fingerprint density at radius 2 is 1.00 bits per heavy atom. The Bertz CT molecular complexity index is 1120. The molecule has 0 unspecified atom stereocenters. The van der Waals surface area contributed by atoms with E-state index < -0.39 is 0 Å². The summed E-state index contributed by atoms with van der Waals surface area (Å²) in [6, 6.07) is 17.6. The van der Waals surface area contributed by atoms with Crippen LogP contribution in [-0.2, 0) is 13.1 Å². The first kappa shape index (κ1) is 20.8. The summed E-state index contributed by atoms with van der Waals surface area (Å²) in [4.78, 5) is 42.9. The maximum Gasteiger partial charge on any atom is 0.253 e. The van der Waals surface area contributed by atoms with Crippen molar-refractivity contribution in [3.63, 3.8) is 0 Å². The van der Waals surface area contributed by atoms with Gasteiger partial charge in [0.15, 0.2) is 0 Å². The van der Waals surface area contributed by atoms with Crippen LogP contribution in [0.1, 0.15) is 32.1 Å². The van der Waals surface area contributed by atoms with Gasteiger partial charge >= 0.3 is 0 Å². The highest BCUT2D eigenvalue weighted by Gasteiger charge is 2.20. The summed E-state index contributed by atoms with van der Waals surface area (Å²) in [6.07, 6.45) is 6.46. The van der Waals surface area contributed by atoms with Crippen molar-refractivity contribution in [2.45, 2.75) is 13.1 Å². The summed E-state index contributed by atoms with van der Waals surface area (Å²) in [5, 5.41) is 5.69. The lowest BCUT2D eigenvalue weighted by atomic mass is 10.0. The van der Waals surface area contributed by atoms with Gasteiger partial charge in [-0.25, -0.2) is 0 Å². The van der Waals surface area contributed by atoms with E-state index in [1.54, 1.807) is 49.1 Å². The molecule has 2 N–H and O–H groups in total. The first-order valence-corrected chi connectivity index (χ1v) is 9.99. The van der Waals surface area contributed by atoms with Gasteiger partial charge in [0.2, 0.25) is 0 Å². The molecule has 4 aromatic heterocycles. The van der Waals surface area contributed by atoms with Crippen LogP contribution in [0.2, 0.25) is 0 Å². The van der Waals surface area contributed by atoms with Gasteiger partial charge in [-0.15, -0.1) is 0 Å². The molecule has 0 spiro atoms. The van der Waals surface area contributed by atoms with Crippen molar-refractivity contribution in [1.29, 1.82) is 0 Å². The van der Waals surface area contributed by atoms with E-state index in [2.05, 4.69) is 30.6 Å². The maximum absolute atomic E-state index is 12.9. The standard InChI is InChI=1S/C24H20N6O2/c31-23(29-15-17-7-1-3-11-25-17)19-9-5-13-27-21(19)22-20(10-6-14-28-22)24(32)30-16-18-8-2-4-12-26-18/h1-14H,15-16H2,(H,29,31)(H,30,32). The molecule has 0 radical (unpaired) electrons. The Morgan fingerprint density at radius 3 is 1.41 bits per heavy atom. The Balaban J connectivity index is 1.56. The fraction of sp³-hybridized carbons (Fsp3) is 0.0833. The van der Waals surface area contributed by atoms with Crippen LogP contribution in [0.3, 0.4) is 0 Å².